The van der Waals surface area contributed by atoms with Gasteiger partial charge < -0.3 is 4.90 Å². The van der Waals surface area contributed by atoms with E-state index in [1.807, 2.05) is 0 Å². The van der Waals surface area contributed by atoms with Crippen molar-refractivity contribution in [1.29, 1.82) is 0 Å². The average Bonchev–Trinajstić information content (AvgIpc) is 2.25. The molecule has 0 N–H and O–H groups in total. The van der Waals surface area contributed by atoms with Crippen molar-refractivity contribution < 1.29 is 22.0 Å². The Hall–Kier alpha value is -1.67. The van der Waals surface area contributed by atoms with Crippen LogP contribution >= 0.6 is 0 Å². The Morgan fingerprint density at radius 2 is 1.84 bits per heavy atom. The van der Waals surface area contributed by atoms with Gasteiger partial charge in [-0.05, 0) is 0 Å². The highest BCUT2D eigenvalue weighted by Gasteiger charge is 2.56. The summed E-state index contributed by atoms with van der Waals surface area (Å²) in [6.45, 7) is -0.806. The van der Waals surface area contributed by atoms with Gasteiger partial charge in [-0.15, -0.1) is 0 Å². The Balaban J connectivity index is 2.83. The first-order chi connectivity index (χ1) is 8.54. The van der Waals surface area contributed by atoms with Crippen LogP contribution in [-0.2, 0) is 6.54 Å². The van der Waals surface area contributed by atoms with Gasteiger partial charge in [0.15, 0.2) is 0 Å². The lowest BCUT2D eigenvalue weighted by atomic mass is 10.2. The van der Waals surface area contributed by atoms with E-state index in [9.17, 15) is 26.7 Å². The van der Waals surface area contributed by atoms with E-state index in [1.165, 1.54) is 6.20 Å². The fraction of sp³-hybridized carbons (Fsp3) is 0.600. The molecule has 108 valence electrons. The molecule has 1 heterocycles. The van der Waals surface area contributed by atoms with Gasteiger partial charge in [0.1, 0.15) is 0 Å². The van der Waals surface area contributed by atoms with Crippen molar-refractivity contribution in [2.24, 2.45) is 0 Å². The second kappa shape index (κ2) is 5.14. The van der Waals surface area contributed by atoms with Crippen molar-refractivity contribution in [2.75, 3.05) is 19.0 Å². The quantitative estimate of drug-likeness (QED) is 0.793. The molecule has 0 aliphatic heterocycles. The summed E-state index contributed by atoms with van der Waals surface area (Å²) in [6, 6.07) is 1.11. The SMILES string of the molecule is CN(C)c1cnn(CCC(F)(F)C(F)(F)F)c(=O)c1. The van der Waals surface area contributed by atoms with Gasteiger partial charge in [-0.1, -0.05) is 0 Å². The fourth-order valence-electron chi connectivity index (χ4n) is 1.22. The maximum atomic E-state index is 12.7. The third kappa shape index (κ3) is 3.65. The molecule has 9 heteroatoms. The van der Waals surface area contributed by atoms with E-state index >= 15 is 0 Å². The largest absolute Gasteiger partial charge is 0.453 e. The standard InChI is InChI=1S/C10H12F5N3O/c1-17(2)7-5-8(19)18(16-6-7)4-3-9(11,12)10(13,14)15/h5-6H,3-4H2,1-2H3. The molecule has 1 rings (SSSR count). The minimum absolute atomic E-state index is 0.434. The normalized spacial score (nSPS) is 12.6. The summed E-state index contributed by atoms with van der Waals surface area (Å²) in [4.78, 5) is 13.0. The Morgan fingerprint density at radius 3 is 2.26 bits per heavy atom. The van der Waals surface area contributed by atoms with Crippen LogP contribution in [-0.4, -0.2) is 36.0 Å². The van der Waals surface area contributed by atoms with Gasteiger partial charge in [0.2, 0.25) is 0 Å². The third-order valence-corrected chi connectivity index (χ3v) is 2.42. The topological polar surface area (TPSA) is 38.1 Å². The summed E-state index contributed by atoms with van der Waals surface area (Å²) in [5.41, 5.74) is -0.298. The first-order valence-corrected chi connectivity index (χ1v) is 5.23. The molecule has 0 aliphatic carbocycles. The van der Waals surface area contributed by atoms with Crippen LogP contribution in [0, 0.1) is 0 Å². The monoisotopic (exact) mass is 285 g/mol. The Morgan fingerprint density at radius 1 is 1.26 bits per heavy atom. The number of nitrogens with zero attached hydrogens (tertiary/aromatic N) is 3. The molecule has 0 saturated carbocycles. The average molecular weight is 285 g/mol. The molecule has 0 atom stereocenters. The number of hydrogen-bond acceptors (Lipinski definition) is 3. The van der Waals surface area contributed by atoms with Gasteiger partial charge in [0.05, 0.1) is 18.4 Å². The van der Waals surface area contributed by atoms with Crippen molar-refractivity contribution in [3.05, 3.63) is 22.6 Å². The van der Waals surface area contributed by atoms with Gasteiger partial charge in [-0.25, -0.2) is 4.68 Å². The minimum atomic E-state index is -5.62. The van der Waals surface area contributed by atoms with Crippen molar-refractivity contribution in [2.45, 2.75) is 25.1 Å². The molecule has 0 radical (unpaired) electrons. The third-order valence-electron chi connectivity index (χ3n) is 2.42. The summed E-state index contributed by atoms with van der Waals surface area (Å²) >= 11 is 0. The van der Waals surface area contributed by atoms with E-state index in [-0.39, 0.29) is 0 Å². The second-order valence-electron chi connectivity index (χ2n) is 4.12. The molecule has 0 spiro atoms. The molecule has 19 heavy (non-hydrogen) atoms. The highest BCUT2D eigenvalue weighted by Crippen LogP contribution is 2.38. The first kappa shape index (κ1) is 15.4. The fourth-order valence-corrected chi connectivity index (χ4v) is 1.22. The highest BCUT2D eigenvalue weighted by atomic mass is 19.4. The molecule has 1 aromatic rings. The van der Waals surface area contributed by atoms with Gasteiger partial charge in [0, 0.05) is 26.6 Å². The van der Waals surface area contributed by atoms with Crippen LogP contribution in [0.5, 0.6) is 0 Å². The number of aromatic nitrogens is 2. The van der Waals surface area contributed by atoms with Gasteiger partial charge >= 0.3 is 12.1 Å². The zero-order chi connectivity index (χ0) is 14.8. The van der Waals surface area contributed by atoms with Crippen molar-refractivity contribution in [3.63, 3.8) is 0 Å². The van der Waals surface area contributed by atoms with Crippen LogP contribution in [0.25, 0.3) is 0 Å². The van der Waals surface area contributed by atoms with Gasteiger partial charge in [-0.3, -0.25) is 4.79 Å². The van der Waals surface area contributed by atoms with Crippen molar-refractivity contribution >= 4 is 5.69 Å². The molecule has 0 bridgehead atoms. The first-order valence-electron chi connectivity index (χ1n) is 5.23. The van der Waals surface area contributed by atoms with Crippen LogP contribution < -0.4 is 10.5 Å². The molecule has 1 aromatic heterocycles. The number of anilines is 1. The Kier molecular flexibility index (Phi) is 4.16. The van der Waals surface area contributed by atoms with Crippen LogP contribution in [0.2, 0.25) is 0 Å². The summed E-state index contributed by atoms with van der Waals surface area (Å²) in [6.07, 6.45) is -5.93. The molecule has 0 fully saturated rings. The Bertz CT molecular complexity index is 495. The molecule has 0 aliphatic rings. The van der Waals surface area contributed by atoms with Crippen molar-refractivity contribution in [3.8, 4) is 0 Å². The Labute approximate surface area is 105 Å². The number of aryl methyl sites for hydroxylation is 1. The lowest BCUT2D eigenvalue weighted by Gasteiger charge is -2.19. The predicted octanol–water partition coefficient (Wildman–Crippen LogP) is 1.90. The number of alkyl halides is 5. The van der Waals surface area contributed by atoms with Gasteiger partial charge in [0.25, 0.3) is 5.56 Å². The molecule has 0 amide bonds. The van der Waals surface area contributed by atoms with Crippen LogP contribution in [0.3, 0.4) is 0 Å². The van der Waals surface area contributed by atoms with Crippen LogP contribution in [0.1, 0.15) is 6.42 Å². The second-order valence-corrected chi connectivity index (χ2v) is 4.12. The lowest BCUT2D eigenvalue weighted by molar-refractivity contribution is -0.285. The van der Waals surface area contributed by atoms with Gasteiger partial charge in [-0.2, -0.15) is 27.1 Å². The maximum Gasteiger partial charge on any atom is 0.453 e. The zero-order valence-electron chi connectivity index (χ0n) is 10.2. The highest BCUT2D eigenvalue weighted by molar-refractivity contribution is 5.40. The molecule has 0 saturated heterocycles. The van der Waals surface area contributed by atoms with E-state index in [0.717, 1.165) is 6.07 Å². The van der Waals surface area contributed by atoms with E-state index in [0.29, 0.717) is 10.4 Å². The lowest BCUT2D eigenvalue weighted by Crippen LogP contribution is -2.38. The summed E-state index contributed by atoms with van der Waals surface area (Å²) in [7, 11) is 3.27. The van der Waals surface area contributed by atoms with Crippen LogP contribution in [0.4, 0.5) is 27.6 Å². The number of hydrogen-bond donors (Lipinski definition) is 0. The smallest absolute Gasteiger partial charge is 0.376 e. The summed E-state index contributed by atoms with van der Waals surface area (Å²) in [5, 5.41) is 3.55. The number of halogens is 5. The molecular weight excluding hydrogens is 273 g/mol. The molecule has 0 aromatic carbocycles. The maximum absolute atomic E-state index is 12.7. The number of rotatable bonds is 4. The predicted molar refractivity (Wildman–Crippen MR) is 58.4 cm³/mol. The summed E-state index contributed by atoms with van der Waals surface area (Å²) < 4.78 is 61.8. The molecule has 0 unspecified atom stereocenters. The molecule has 4 nitrogen and oxygen atoms in total. The van der Waals surface area contributed by atoms with Crippen molar-refractivity contribution in [1.82, 2.24) is 9.78 Å². The zero-order valence-corrected chi connectivity index (χ0v) is 10.2. The summed E-state index contributed by atoms with van der Waals surface area (Å²) in [5.74, 6) is -4.84. The van der Waals surface area contributed by atoms with E-state index in [2.05, 4.69) is 5.10 Å². The van der Waals surface area contributed by atoms with E-state index < -0.39 is 30.6 Å². The van der Waals surface area contributed by atoms with E-state index in [1.54, 1.807) is 19.0 Å². The van der Waals surface area contributed by atoms with Crippen LogP contribution in [0.15, 0.2) is 17.1 Å². The molecular formula is C10H12F5N3O. The van der Waals surface area contributed by atoms with E-state index in [4.69, 9.17) is 0 Å². The minimum Gasteiger partial charge on any atom is -0.376 e.